The molecule has 3 rings (SSSR count). The van der Waals surface area contributed by atoms with Crippen molar-refractivity contribution in [2.24, 2.45) is 21.1 Å². The Morgan fingerprint density at radius 2 is 1.39 bits per heavy atom. The van der Waals surface area contributed by atoms with E-state index in [9.17, 15) is 48.3 Å². The molecule has 0 saturated carbocycles. The average molecular weight is 487 g/mol. The van der Waals surface area contributed by atoms with Gasteiger partial charge < -0.3 is 4.57 Å². The second kappa shape index (κ2) is 8.55. The van der Waals surface area contributed by atoms with Crippen LogP contribution in [0, 0.1) is 30.3 Å². The number of benzene rings is 1. The van der Waals surface area contributed by atoms with E-state index >= 15 is 0 Å². The van der Waals surface area contributed by atoms with Crippen LogP contribution in [0.3, 0.4) is 0 Å². The summed E-state index contributed by atoms with van der Waals surface area (Å²) in [5.74, 6) is 0. The molecule has 1 aromatic carbocycles. The van der Waals surface area contributed by atoms with Crippen molar-refractivity contribution < 1.29 is 27.7 Å². The summed E-state index contributed by atoms with van der Waals surface area (Å²) < 4.78 is 34.7. The molecule has 0 spiro atoms. The number of aryl methyl sites for hydroxylation is 2. The summed E-state index contributed by atoms with van der Waals surface area (Å²) in [5, 5.41) is 31.7. The first-order chi connectivity index (χ1) is 15.1. The Morgan fingerprint density at radius 1 is 0.909 bits per heavy atom. The molecular formula is C14H13N7O11S. The predicted octanol–water partition coefficient (Wildman–Crippen LogP) is -0.371. The predicted molar refractivity (Wildman–Crippen MR) is 107 cm³/mol. The lowest BCUT2D eigenvalue weighted by Gasteiger charge is -2.02. The summed E-state index contributed by atoms with van der Waals surface area (Å²) in [4.78, 5) is 53.3. The summed E-state index contributed by atoms with van der Waals surface area (Å²) in [6.07, 6.45) is 1.52. The van der Waals surface area contributed by atoms with Gasteiger partial charge in [0.15, 0.2) is 11.2 Å². The van der Waals surface area contributed by atoms with Gasteiger partial charge in [0.1, 0.15) is 0 Å². The SMILES string of the molecule is Cn1c(=O)c2c(ncn2C)n(C)c1=O.O=[N+]([O-])c1cc([N+](=O)[O-])c(S(=O)(=O)O)c([N+](=O)[O-])c1. The Hall–Kier alpha value is -4.52. The fraction of sp³-hybridized carbons (Fsp3) is 0.214. The molecule has 1 N–H and O–H groups in total. The van der Waals surface area contributed by atoms with Gasteiger partial charge in [0, 0.05) is 21.1 Å². The van der Waals surface area contributed by atoms with E-state index in [1.807, 2.05) is 0 Å². The molecule has 176 valence electrons. The Balaban J connectivity index is 0.000000243. The van der Waals surface area contributed by atoms with Gasteiger partial charge in [-0.05, 0) is 0 Å². The van der Waals surface area contributed by atoms with Crippen LogP contribution in [0.25, 0.3) is 11.2 Å². The summed E-state index contributed by atoms with van der Waals surface area (Å²) >= 11 is 0. The van der Waals surface area contributed by atoms with E-state index in [0.29, 0.717) is 11.2 Å². The topological polar surface area (TPSA) is 246 Å². The zero-order valence-corrected chi connectivity index (χ0v) is 17.6. The van der Waals surface area contributed by atoms with Crippen LogP contribution in [0.1, 0.15) is 0 Å². The van der Waals surface area contributed by atoms with Gasteiger partial charge >= 0.3 is 27.2 Å². The van der Waals surface area contributed by atoms with Crippen molar-refractivity contribution in [1.82, 2.24) is 18.7 Å². The maximum atomic E-state index is 11.7. The molecule has 3 aromatic rings. The van der Waals surface area contributed by atoms with Gasteiger partial charge in [-0.3, -0.25) is 48.8 Å². The fourth-order valence-electron chi connectivity index (χ4n) is 2.70. The molecule has 0 aliphatic rings. The van der Waals surface area contributed by atoms with E-state index in [1.54, 1.807) is 18.7 Å². The van der Waals surface area contributed by atoms with Crippen molar-refractivity contribution in [3.8, 4) is 0 Å². The molecule has 19 heteroatoms. The lowest BCUT2D eigenvalue weighted by molar-refractivity contribution is -0.407. The van der Waals surface area contributed by atoms with E-state index in [2.05, 4.69) is 4.98 Å². The second-order valence-electron chi connectivity index (χ2n) is 6.29. The van der Waals surface area contributed by atoms with E-state index in [-0.39, 0.29) is 23.4 Å². The maximum absolute atomic E-state index is 11.7. The molecule has 2 heterocycles. The largest absolute Gasteiger partial charge is 0.332 e. The minimum absolute atomic E-state index is 0.204. The number of hydrogen-bond donors (Lipinski definition) is 1. The van der Waals surface area contributed by atoms with Gasteiger partial charge in [0.05, 0.1) is 33.2 Å². The summed E-state index contributed by atoms with van der Waals surface area (Å²) in [7, 11) is -0.529. The molecule has 0 radical (unpaired) electrons. The highest BCUT2D eigenvalue weighted by Crippen LogP contribution is 2.36. The zero-order valence-electron chi connectivity index (χ0n) is 16.8. The molecule has 0 aliphatic heterocycles. The first kappa shape index (κ1) is 24.7. The van der Waals surface area contributed by atoms with Gasteiger partial charge in [-0.25, -0.2) is 9.78 Å². The lowest BCUT2D eigenvalue weighted by atomic mass is 10.2. The summed E-state index contributed by atoms with van der Waals surface area (Å²) in [5.41, 5.74) is -3.78. The molecule has 2 aromatic heterocycles. The van der Waals surface area contributed by atoms with Crippen molar-refractivity contribution in [2.45, 2.75) is 4.90 Å². The standard InChI is InChI=1S/C8H10N4O2.C6H3N3O9S/c1-10-4-9-6-5(10)7(13)12(3)8(14)11(6)2;10-7(11)3-1-4(8(12)13)6(19(16,17)18)5(2-3)9(14)15/h4H,1-3H3;1-2H,(H,16,17,18). The number of hydrogen-bond acceptors (Lipinski definition) is 11. The van der Waals surface area contributed by atoms with Gasteiger partial charge in [-0.2, -0.15) is 8.42 Å². The number of nitro groups is 3. The Labute approximate surface area is 181 Å². The van der Waals surface area contributed by atoms with E-state index in [0.717, 1.165) is 4.57 Å². The van der Waals surface area contributed by atoms with Gasteiger partial charge in [-0.15, -0.1) is 0 Å². The fourth-order valence-corrected chi connectivity index (χ4v) is 3.49. The van der Waals surface area contributed by atoms with Gasteiger partial charge in [0.2, 0.25) is 4.90 Å². The van der Waals surface area contributed by atoms with Crippen molar-refractivity contribution >= 4 is 38.3 Å². The van der Waals surface area contributed by atoms with Crippen LogP contribution in [-0.4, -0.2) is 46.4 Å². The number of nitrogens with zero attached hydrogens (tertiary/aromatic N) is 7. The molecule has 0 atom stereocenters. The first-order valence-electron chi connectivity index (χ1n) is 8.25. The number of fused-ring (bicyclic) bond motifs is 1. The van der Waals surface area contributed by atoms with Gasteiger partial charge in [-0.1, -0.05) is 0 Å². The minimum Gasteiger partial charge on any atom is -0.328 e. The van der Waals surface area contributed by atoms with Crippen LogP contribution in [0.15, 0.2) is 32.9 Å². The Bertz CT molecular complexity index is 1510. The van der Waals surface area contributed by atoms with Crippen molar-refractivity contribution in [3.05, 3.63) is 69.6 Å². The molecule has 0 unspecified atom stereocenters. The highest BCUT2D eigenvalue weighted by Gasteiger charge is 2.37. The normalized spacial score (nSPS) is 11.0. The monoisotopic (exact) mass is 487 g/mol. The molecular weight excluding hydrogens is 474 g/mol. The third kappa shape index (κ3) is 4.57. The number of rotatable bonds is 4. The highest BCUT2D eigenvalue weighted by atomic mass is 32.2. The summed E-state index contributed by atoms with van der Waals surface area (Å²) in [6.45, 7) is 0. The number of imidazole rings is 1. The number of nitro benzene ring substituents is 3. The second-order valence-corrected chi connectivity index (χ2v) is 7.65. The van der Waals surface area contributed by atoms with Crippen LogP contribution >= 0.6 is 0 Å². The van der Waals surface area contributed by atoms with Crippen LogP contribution in [0.4, 0.5) is 17.1 Å². The van der Waals surface area contributed by atoms with E-state index in [4.69, 9.17) is 4.55 Å². The van der Waals surface area contributed by atoms with Gasteiger partial charge in [0.25, 0.3) is 11.2 Å². The average Bonchev–Trinajstić information content (AvgIpc) is 3.10. The summed E-state index contributed by atoms with van der Waals surface area (Å²) in [6, 6.07) is 0.409. The molecule has 33 heavy (non-hydrogen) atoms. The maximum Gasteiger partial charge on any atom is 0.332 e. The third-order valence-corrected chi connectivity index (χ3v) is 5.15. The van der Waals surface area contributed by atoms with Crippen LogP contribution in [-0.2, 0) is 31.3 Å². The van der Waals surface area contributed by atoms with Crippen LogP contribution < -0.4 is 11.2 Å². The van der Waals surface area contributed by atoms with Crippen molar-refractivity contribution in [3.63, 3.8) is 0 Å². The minimum atomic E-state index is -5.30. The van der Waals surface area contributed by atoms with Crippen LogP contribution in [0.5, 0.6) is 0 Å². The van der Waals surface area contributed by atoms with Crippen molar-refractivity contribution in [1.29, 1.82) is 0 Å². The van der Waals surface area contributed by atoms with Crippen LogP contribution in [0.2, 0.25) is 0 Å². The molecule has 0 amide bonds. The smallest absolute Gasteiger partial charge is 0.328 e. The quantitative estimate of drug-likeness (QED) is 0.281. The van der Waals surface area contributed by atoms with E-state index < -0.39 is 46.8 Å². The lowest BCUT2D eigenvalue weighted by Crippen LogP contribution is -2.37. The first-order valence-corrected chi connectivity index (χ1v) is 9.69. The van der Waals surface area contributed by atoms with Crippen molar-refractivity contribution in [2.75, 3.05) is 0 Å². The van der Waals surface area contributed by atoms with E-state index in [1.165, 1.54) is 17.9 Å². The molecule has 0 bridgehead atoms. The highest BCUT2D eigenvalue weighted by molar-refractivity contribution is 7.86. The molecule has 0 saturated heterocycles. The zero-order chi connectivity index (χ0) is 25.4. The number of aromatic nitrogens is 4. The molecule has 0 aliphatic carbocycles. The Kier molecular flexibility index (Phi) is 6.41. The third-order valence-electron chi connectivity index (χ3n) is 4.21. The number of non-ortho nitro benzene ring substituents is 1. The molecule has 0 fully saturated rings. The Morgan fingerprint density at radius 3 is 1.79 bits per heavy atom. The molecule has 18 nitrogen and oxygen atoms in total.